The molecule has 2 fully saturated rings. The fourth-order valence-electron chi connectivity index (χ4n) is 1.91. The van der Waals surface area contributed by atoms with Gasteiger partial charge in [0.05, 0.1) is 6.61 Å². The van der Waals surface area contributed by atoms with E-state index >= 15 is 0 Å². The van der Waals surface area contributed by atoms with Gasteiger partial charge in [0.1, 0.15) is 6.10 Å². The second kappa shape index (κ2) is 2.71. The monoisotopic (exact) mass is 183 g/mol. The molecule has 0 radical (unpaired) electrons. The van der Waals surface area contributed by atoms with Crippen LogP contribution in [0, 0.1) is 5.41 Å². The van der Waals surface area contributed by atoms with Crippen LogP contribution in [0.4, 0.5) is 0 Å². The highest BCUT2D eigenvalue weighted by Crippen LogP contribution is 2.48. The van der Waals surface area contributed by atoms with E-state index in [1.807, 2.05) is 11.9 Å². The number of carbonyl (C=O) groups excluding carboxylic acids is 1. The summed E-state index contributed by atoms with van der Waals surface area (Å²) >= 11 is 0. The lowest BCUT2D eigenvalue weighted by molar-refractivity contribution is -0.155. The Kier molecular flexibility index (Phi) is 1.88. The van der Waals surface area contributed by atoms with E-state index in [-0.39, 0.29) is 12.0 Å². The first-order chi connectivity index (χ1) is 6.02. The zero-order chi connectivity index (χ0) is 9.64. The molecule has 0 aromatic carbocycles. The zero-order valence-corrected chi connectivity index (χ0v) is 8.54. The smallest absolute Gasteiger partial charge is 0.251 e. The van der Waals surface area contributed by atoms with Crippen molar-refractivity contribution in [1.29, 1.82) is 0 Å². The minimum absolute atomic E-state index is 0.138. The van der Waals surface area contributed by atoms with Crippen LogP contribution in [-0.2, 0) is 9.53 Å². The summed E-state index contributed by atoms with van der Waals surface area (Å²) in [6, 6.07) is 0.434. The maximum absolute atomic E-state index is 11.7. The SMILES string of the molecule is CN(C(=O)C1CCO1)C1CC1(C)C. The second-order valence-electron chi connectivity index (χ2n) is 4.81. The van der Waals surface area contributed by atoms with E-state index in [4.69, 9.17) is 4.74 Å². The third-order valence-electron chi connectivity index (χ3n) is 3.25. The molecule has 3 heteroatoms. The van der Waals surface area contributed by atoms with Crippen LogP contribution in [0.25, 0.3) is 0 Å². The van der Waals surface area contributed by atoms with Crippen molar-refractivity contribution in [3.63, 3.8) is 0 Å². The quantitative estimate of drug-likeness (QED) is 0.640. The minimum atomic E-state index is -0.138. The minimum Gasteiger partial charge on any atom is -0.368 e. The molecular formula is C10H17NO2. The van der Waals surface area contributed by atoms with E-state index in [0.29, 0.717) is 11.5 Å². The van der Waals surface area contributed by atoms with E-state index < -0.39 is 0 Å². The topological polar surface area (TPSA) is 29.5 Å². The Morgan fingerprint density at radius 1 is 1.54 bits per heavy atom. The molecule has 0 aromatic heterocycles. The molecule has 2 atom stereocenters. The molecule has 13 heavy (non-hydrogen) atoms. The van der Waals surface area contributed by atoms with Crippen LogP contribution >= 0.6 is 0 Å². The molecule has 1 aliphatic carbocycles. The van der Waals surface area contributed by atoms with E-state index in [1.165, 1.54) is 0 Å². The van der Waals surface area contributed by atoms with Crippen molar-refractivity contribution in [2.24, 2.45) is 5.41 Å². The number of amides is 1. The summed E-state index contributed by atoms with van der Waals surface area (Å²) in [5, 5.41) is 0. The van der Waals surface area contributed by atoms with Crippen molar-refractivity contribution >= 4 is 5.91 Å². The molecule has 3 nitrogen and oxygen atoms in total. The second-order valence-corrected chi connectivity index (χ2v) is 4.81. The Bertz CT molecular complexity index is 233. The highest BCUT2D eigenvalue weighted by Gasteiger charge is 2.50. The predicted octanol–water partition coefficient (Wildman–Crippen LogP) is 1.03. The van der Waals surface area contributed by atoms with Gasteiger partial charge >= 0.3 is 0 Å². The van der Waals surface area contributed by atoms with Crippen LogP contribution in [0.5, 0.6) is 0 Å². The van der Waals surface area contributed by atoms with Crippen LogP contribution in [0.2, 0.25) is 0 Å². The number of likely N-dealkylation sites (N-methyl/N-ethyl adjacent to an activating group) is 1. The van der Waals surface area contributed by atoms with Gasteiger partial charge < -0.3 is 9.64 Å². The summed E-state index contributed by atoms with van der Waals surface area (Å²) in [4.78, 5) is 13.6. The molecule has 0 aromatic rings. The molecule has 1 saturated heterocycles. The third-order valence-corrected chi connectivity index (χ3v) is 3.25. The molecule has 74 valence electrons. The van der Waals surface area contributed by atoms with E-state index in [0.717, 1.165) is 19.4 Å². The fraction of sp³-hybridized carbons (Fsp3) is 0.900. The van der Waals surface area contributed by atoms with Gasteiger partial charge in [0.25, 0.3) is 5.91 Å². The molecular weight excluding hydrogens is 166 g/mol. The van der Waals surface area contributed by atoms with Gasteiger partial charge in [-0.3, -0.25) is 4.79 Å². The number of rotatable bonds is 2. The summed E-state index contributed by atoms with van der Waals surface area (Å²) in [5.41, 5.74) is 0.328. The maximum Gasteiger partial charge on any atom is 0.251 e. The molecule has 2 rings (SSSR count). The van der Waals surface area contributed by atoms with Crippen LogP contribution in [0.15, 0.2) is 0 Å². The van der Waals surface area contributed by atoms with Crippen LogP contribution < -0.4 is 0 Å². The molecule has 1 aliphatic heterocycles. The third kappa shape index (κ3) is 1.46. The van der Waals surface area contributed by atoms with Gasteiger partial charge in [0.15, 0.2) is 0 Å². The van der Waals surface area contributed by atoms with Crippen molar-refractivity contribution in [3.8, 4) is 0 Å². The summed E-state index contributed by atoms with van der Waals surface area (Å²) in [7, 11) is 1.89. The molecule has 2 unspecified atom stereocenters. The summed E-state index contributed by atoms with van der Waals surface area (Å²) < 4.78 is 5.17. The Hall–Kier alpha value is -0.570. The van der Waals surface area contributed by atoms with E-state index in [2.05, 4.69) is 13.8 Å². The van der Waals surface area contributed by atoms with Gasteiger partial charge in [-0.1, -0.05) is 13.8 Å². The van der Waals surface area contributed by atoms with Gasteiger partial charge in [-0.15, -0.1) is 0 Å². The van der Waals surface area contributed by atoms with Gasteiger partial charge in [-0.2, -0.15) is 0 Å². The average Bonchev–Trinajstić information content (AvgIpc) is 2.54. The average molecular weight is 183 g/mol. The van der Waals surface area contributed by atoms with Gasteiger partial charge in [0, 0.05) is 19.5 Å². The Morgan fingerprint density at radius 3 is 2.38 bits per heavy atom. The van der Waals surface area contributed by atoms with Crippen LogP contribution in [0.3, 0.4) is 0 Å². The number of carbonyl (C=O) groups is 1. The van der Waals surface area contributed by atoms with Crippen molar-refractivity contribution in [3.05, 3.63) is 0 Å². The Labute approximate surface area is 79.0 Å². The summed E-state index contributed by atoms with van der Waals surface area (Å²) in [5.74, 6) is 0.168. The number of ether oxygens (including phenoxy) is 1. The number of hydrogen-bond acceptors (Lipinski definition) is 2. The molecule has 2 aliphatic rings. The highest BCUT2D eigenvalue weighted by atomic mass is 16.5. The number of hydrogen-bond donors (Lipinski definition) is 0. The maximum atomic E-state index is 11.7. The van der Waals surface area contributed by atoms with Crippen molar-refractivity contribution in [2.45, 2.75) is 38.8 Å². The van der Waals surface area contributed by atoms with Crippen LogP contribution in [0.1, 0.15) is 26.7 Å². The molecule has 1 saturated carbocycles. The van der Waals surface area contributed by atoms with Crippen molar-refractivity contribution in [1.82, 2.24) is 4.90 Å². The molecule has 0 bridgehead atoms. The first-order valence-electron chi connectivity index (χ1n) is 4.90. The largest absolute Gasteiger partial charge is 0.368 e. The number of nitrogens with zero attached hydrogens (tertiary/aromatic N) is 1. The lowest BCUT2D eigenvalue weighted by Gasteiger charge is -2.30. The Balaban J connectivity index is 1.90. The lowest BCUT2D eigenvalue weighted by Crippen LogP contribution is -2.45. The summed E-state index contributed by atoms with van der Waals surface area (Å²) in [6.07, 6.45) is 1.89. The molecule has 0 spiro atoms. The summed E-state index contributed by atoms with van der Waals surface area (Å²) in [6.45, 7) is 5.14. The fourth-order valence-corrected chi connectivity index (χ4v) is 1.91. The molecule has 1 heterocycles. The molecule has 1 amide bonds. The first-order valence-corrected chi connectivity index (χ1v) is 4.90. The van der Waals surface area contributed by atoms with E-state index in [9.17, 15) is 4.79 Å². The van der Waals surface area contributed by atoms with Crippen molar-refractivity contribution < 1.29 is 9.53 Å². The predicted molar refractivity (Wildman–Crippen MR) is 49.3 cm³/mol. The zero-order valence-electron chi connectivity index (χ0n) is 8.54. The first kappa shape index (κ1) is 9.00. The standard InChI is InChI=1S/C10H17NO2/c1-10(2)6-8(10)11(3)9(12)7-4-5-13-7/h7-8H,4-6H2,1-3H3. The van der Waals surface area contributed by atoms with Gasteiger partial charge in [-0.25, -0.2) is 0 Å². The van der Waals surface area contributed by atoms with Crippen LogP contribution in [-0.4, -0.2) is 36.6 Å². The highest BCUT2D eigenvalue weighted by molar-refractivity contribution is 5.82. The van der Waals surface area contributed by atoms with E-state index in [1.54, 1.807) is 0 Å². The van der Waals surface area contributed by atoms with Gasteiger partial charge in [-0.05, 0) is 11.8 Å². The lowest BCUT2D eigenvalue weighted by atomic mass is 10.1. The Morgan fingerprint density at radius 2 is 2.08 bits per heavy atom. The normalized spacial score (nSPS) is 35.0. The van der Waals surface area contributed by atoms with Gasteiger partial charge in [0.2, 0.25) is 0 Å². The molecule has 0 N–H and O–H groups in total. The van der Waals surface area contributed by atoms with Crippen molar-refractivity contribution in [2.75, 3.05) is 13.7 Å².